The second-order valence-electron chi connectivity index (χ2n) is 24.1. The van der Waals surface area contributed by atoms with Crippen LogP contribution < -0.4 is 0 Å². The van der Waals surface area contributed by atoms with Crippen molar-refractivity contribution in [3.05, 3.63) is 11.6 Å². The van der Waals surface area contributed by atoms with Gasteiger partial charge in [-0.25, -0.2) is 0 Å². The van der Waals surface area contributed by atoms with E-state index in [1.54, 1.807) is 0 Å². The first kappa shape index (κ1) is 59.0. The molecule has 0 aromatic carbocycles. The van der Waals surface area contributed by atoms with E-state index in [0.717, 1.165) is 36.5 Å². The summed E-state index contributed by atoms with van der Waals surface area (Å²) >= 11 is 0. The van der Waals surface area contributed by atoms with Gasteiger partial charge in [-0.2, -0.15) is 0 Å². The summed E-state index contributed by atoms with van der Waals surface area (Å²) in [5.74, 6) is 4.94. The Kier molecular flexibility index (Phi) is 19.4. The minimum Gasteiger partial charge on any atom is -0.394 e. The molecule has 8 rings (SSSR count). The summed E-state index contributed by atoms with van der Waals surface area (Å²) in [5, 5.41) is 139. The van der Waals surface area contributed by atoms with Crippen LogP contribution in [0.5, 0.6) is 0 Å². The van der Waals surface area contributed by atoms with Crippen molar-refractivity contribution in [2.45, 2.75) is 241 Å². The van der Waals surface area contributed by atoms with Gasteiger partial charge in [0.25, 0.3) is 0 Å². The number of aliphatic hydroxyl groups is 13. The largest absolute Gasteiger partial charge is 0.394 e. The molecular weight excluding hydrogens is 973 g/mol. The molecule has 7 fully saturated rings. The van der Waals surface area contributed by atoms with E-state index in [1.165, 1.54) is 50.5 Å². The Labute approximate surface area is 434 Å². The van der Waals surface area contributed by atoms with Crippen LogP contribution in [0.2, 0.25) is 0 Å². The minimum absolute atomic E-state index is 0.0317. The number of allylic oxidation sites excluding steroid dienone is 1. The van der Waals surface area contributed by atoms with Crippen LogP contribution in [-0.4, -0.2) is 222 Å². The molecule has 0 spiro atoms. The number of hydrogen-bond acceptors (Lipinski definition) is 21. The van der Waals surface area contributed by atoms with Crippen molar-refractivity contribution in [3.8, 4) is 0 Å². The highest BCUT2D eigenvalue weighted by Crippen LogP contribution is 2.67. The predicted octanol–water partition coefficient (Wildman–Crippen LogP) is -0.678. The van der Waals surface area contributed by atoms with Crippen molar-refractivity contribution in [2.75, 3.05) is 26.4 Å². The molecule has 0 aromatic rings. The normalized spacial score (nSPS) is 50.6. The van der Waals surface area contributed by atoms with Crippen LogP contribution in [0, 0.1) is 52.3 Å². The lowest BCUT2D eigenvalue weighted by Gasteiger charge is -2.58. The molecule has 4 heterocycles. The molecule has 8 aliphatic rings. The zero-order chi connectivity index (χ0) is 53.7. The van der Waals surface area contributed by atoms with Crippen LogP contribution >= 0.6 is 0 Å². The van der Waals surface area contributed by atoms with Crippen molar-refractivity contribution in [2.24, 2.45) is 52.3 Å². The highest BCUT2D eigenvalue weighted by atomic mass is 16.8. The fraction of sp³-hybridized carbons (Fsp3) is 0.962. The second kappa shape index (κ2) is 24.3. The van der Waals surface area contributed by atoms with E-state index < -0.39 is 149 Å². The number of rotatable bonds is 18. The molecule has 21 heteroatoms. The maximum Gasteiger partial charge on any atom is 0.187 e. The van der Waals surface area contributed by atoms with Crippen LogP contribution in [0.25, 0.3) is 0 Å². The van der Waals surface area contributed by atoms with Gasteiger partial charge in [-0.15, -0.1) is 0 Å². The Morgan fingerprint density at radius 1 is 0.541 bits per heavy atom. The van der Waals surface area contributed by atoms with Gasteiger partial charge in [0.15, 0.2) is 25.2 Å². The number of ether oxygens (including phenoxy) is 8. The van der Waals surface area contributed by atoms with Gasteiger partial charge < -0.3 is 104 Å². The van der Waals surface area contributed by atoms with E-state index >= 15 is 0 Å². The molecule has 0 bridgehead atoms. The van der Waals surface area contributed by atoms with Crippen LogP contribution in [0.3, 0.4) is 0 Å². The molecule has 4 aliphatic carbocycles. The lowest BCUT2D eigenvalue weighted by molar-refractivity contribution is -0.389. The summed E-state index contributed by atoms with van der Waals surface area (Å²) < 4.78 is 46.6. The van der Waals surface area contributed by atoms with Crippen molar-refractivity contribution in [1.82, 2.24) is 0 Å². The number of aliphatic hydroxyl groups excluding tert-OH is 13. The average molecular weight is 1060 g/mol. The fourth-order valence-corrected chi connectivity index (χ4v) is 15.2. The van der Waals surface area contributed by atoms with Gasteiger partial charge in [-0.05, 0) is 110 Å². The first-order chi connectivity index (χ1) is 35.1. The molecule has 0 aromatic heterocycles. The quantitative estimate of drug-likeness (QED) is 0.0757. The summed E-state index contributed by atoms with van der Waals surface area (Å²) in [6.45, 7) is 11.4. The molecule has 0 amide bonds. The van der Waals surface area contributed by atoms with E-state index in [0.29, 0.717) is 36.0 Å². The maximum atomic E-state index is 11.5. The van der Waals surface area contributed by atoms with E-state index in [9.17, 15) is 66.4 Å². The summed E-state index contributed by atoms with van der Waals surface area (Å²) in [6, 6.07) is 0. The Hall–Kier alpha value is -1.10. The summed E-state index contributed by atoms with van der Waals surface area (Å²) in [7, 11) is 0. The Morgan fingerprint density at radius 3 is 1.49 bits per heavy atom. The Bertz CT molecular complexity index is 1820. The Morgan fingerprint density at radius 2 is 1.01 bits per heavy atom. The van der Waals surface area contributed by atoms with E-state index in [1.807, 2.05) is 0 Å². The van der Waals surface area contributed by atoms with Gasteiger partial charge in [-0.1, -0.05) is 66.0 Å². The molecule has 29 atom stereocenters. The van der Waals surface area contributed by atoms with Crippen LogP contribution in [-0.2, 0) is 37.9 Å². The van der Waals surface area contributed by atoms with Gasteiger partial charge in [0.05, 0.1) is 32.5 Å². The maximum absolute atomic E-state index is 11.5. The molecule has 13 N–H and O–H groups in total. The number of fused-ring (bicyclic) bond motifs is 5. The summed E-state index contributed by atoms with van der Waals surface area (Å²) in [5.41, 5.74) is 1.76. The molecule has 74 heavy (non-hydrogen) atoms. The smallest absolute Gasteiger partial charge is 0.187 e. The zero-order valence-corrected chi connectivity index (χ0v) is 43.9. The topological polar surface area (TPSA) is 337 Å². The Balaban J connectivity index is 0.852. The molecule has 0 radical (unpaired) electrons. The highest BCUT2D eigenvalue weighted by Gasteiger charge is 2.60. The van der Waals surface area contributed by atoms with Crippen molar-refractivity contribution >= 4 is 0 Å². The highest BCUT2D eigenvalue weighted by molar-refractivity contribution is 5.25. The molecular formula is C53H90O21. The van der Waals surface area contributed by atoms with Crippen molar-refractivity contribution in [3.63, 3.8) is 0 Å². The average Bonchev–Trinajstić information content (AvgIpc) is 3.75. The molecule has 4 aliphatic heterocycles. The van der Waals surface area contributed by atoms with Gasteiger partial charge in [0.2, 0.25) is 0 Å². The van der Waals surface area contributed by atoms with E-state index in [4.69, 9.17) is 37.9 Å². The van der Waals surface area contributed by atoms with Crippen molar-refractivity contribution < 1.29 is 104 Å². The molecule has 428 valence electrons. The molecule has 3 saturated carbocycles. The lowest BCUT2D eigenvalue weighted by atomic mass is 9.47. The van der Waals surface area contributed by atoms with Crippen LogP contribution in [0.15, 0.2) is 11.6 Å². The third kappa shape index (κ3) is 11.2. The van der Waals surface area contributed by atoms with Gasteiger partial charge in [0, 0.05) is 0 Å². The first-order valence-electron chi connectivity index (χ1n) is 27.6. The first-order valence-corrected chi connectivity index (χ1v) is 27.6. The standard InChI is InChI=1S/C53H90O21/c1-7-25(23(2)3)9-8-24(4)29-12-13-30-28-11-10-26-18-27(14-16-52(26,5)31(28)15-17-53(29,30)6)67-48-42(64)38(60)45(33(20-55)69-48)73-50-44(66)40(62)47(35(22-57)71-50)74-51-43(65)39(61)46(34(21-56)70-51)72-49-41(63)37(59)36(58)32(19-54)68-49/h10,23-25,27-51,54-66H,7-9,11-22H2,1-6H3/t24-,25-,27+,28+,29-,30+,31+,32-,33-,34-,35-,36-,37+,38-,39-,40-,41-,42-,43-,44-,45-,46-,47-,48-,49+,50+,51+,52+,53-/m1/s1. The van der Waals surface area contributed by atoms with Gasteiger partial charge in [0.1, 0.15) is 97.7 Å². The van der Waals surface area contributed by atoms with Gasteiger partial charge in [-0.3, -0.25) is 0 Å². The predicted molar refractivity (Wildman–Crippen MR) is 259 cm³/mol. The lowest BCUT2D eigenvalue weighted by Crippen LogP contribution is -2.67. The zero-order valence-electron chi connectivity index (χ0n) is 43.9. The van der Waals surface area contributed by atoms with Gasteiger partial charge >= 0.3 is 0 Å². The molecule has 4 saturated heterocycles. The third-order valence-corrected chi connectivity index (χ3v) is 19.8. The summed E-state index contributed by atoms with van der Waals surface area (Å²) in [6.07, 6.45) is -19.9. The van der Waals surface area contributed by atoms with Crippen molar-refractivity contribution in [1.29, 1.82) is 0 Å². The van der Waals surface area contributed by atoms with E-state index in [2.05, 4.69) is 47.6 Å². The monoisotopic (exact) mass is 1060 g/mol. The van der Waals surface area contributed by atoms with Crippen LogP contribution in [0.1, 0.15) is 112 Å². The third-order valence-electron chi connectivity index (χ3n) is 19.8. The SMILES string of the molecule is CC[C@H](CC[C@@H](C)[C@H]1CC[C@H]2[C@@H]3CC=C4C[C@@H](O[C@@H]5O[C@H](CO)[C@@H](O[C@@H]6O[C@H](CO)[C@@H](O[C@@H]7O[C@H](CO)[C@@H](O[C@@H]8O[C@H](CO)[C@@H](O)[C@H](O)[C@H]8O)[C@H](O)[C@H]7O)[C@H](O)[C@H]6O)[C@H](O)[C@H]5O)CC[C@]4(C)[C@H]3CC[C@]12C)C(C)C. The molecule has 21 nitrogen and oxygen atoms in total. The van der Waals surface area contributed by atoms with Crippen LogP contribution in [0.4, 0.5) is 0 Å². The molecule has 0 unspecified atom stereocenters. The van der Waals surface area contributed by atoms with E-state index in [-0.39, 0.29) is 11.5 Å². The summed E-state index contributed by atoms with van der Waals surface area (Å²) in [4.78, 5) is 0. The number of hydrogen-bond donors (Lipinski definition) is 13. The minimum atomic E-state index is -2.02. The second-order valence-corrected chi connectivity index (χ2v) is 24.1. The fourth-order valence-electron chi connectivity index (χ4n) is 15.2.